The van der Waals surface area contributed by atoms with E-state index in [4.69, 9.17) is 9.15 Å². The molecule has 0 bridgehead atoms. The van der Waals surface area contributed by atoms with Gasteiger partial charge in [0.05, 0.1) is 10.2 Å². The fourth-order valence-corrected chi connectivity index (χ4v) is 3.71. The Bertz CT molecular complexity index is 1160. The Morgan fingerprint density at radius 2 is 1.93 bits per heavy atom. The summed E-state index contributed by atoms with van der Waals surface area (Å²) in [5.41, 5.74) is 2.54. The number of fused-ring (bicyclic) bond motifs is 1. The van der Waals surface area contributed by atoms with Crippen LogP contribution in [0, 0.1) is 6.92 Å². The van der Waals surface area contributed by atoms with E-state index >= 15 is 0 Å². The third kappa shape index (κ3) is 4.20. The van der Waals surface area contributed by atoms with Gasteiger partial charge in [0.15, 0.2) is 16.9 Å². The Labute approximate surface area is 171 Å². The summed E-state index contributed by atoms with van der Waals surface area (Å²) in [7, 11) is 0. The minimum absolute atomic E-state index is 0.0226. The van der Waals surface area contributed by atoms with Crippen LogP contribution in [-0.4, -0.2) is 23.0 Å². The summed E-state index contributed by atoms with van der Waals surface area (Å²) in [4.78, 5) is 29.2. The van der Waals surface area contributed by atoms with E-state index in [-0.39, 0.29) is 5.76 Å². The van der Waals surface area contributed by atoms with E-state index in [2.05, 4.69) is 10.3 Å². The summed E-state index contributed by atoms with van der Waals surface area (Å²) in [5, 5.41) is 3.41. The van der Waals surface area contributed by atoms with Gasteiger partial charge in [0.25, 0.3) is 5.91 Å². The lowest BCUT2D eigenvalue weighted by Gasteiger charge is -2.13. The average molecular weight is 406 g/mol. The number of aromatic nitrogens is 1. The first-order valence-electron chi connectivity index (χ1n) is 9.04. The molecule has 0 radical (unpaired) electrons. The van der Waals surface area contributed by atoms with Crippen LogP contribution in [0.5, 0.6) is 0 Å². The molecule has 2 aromatic heterocycles. The molecule has 4 aromatic rings. The summed E-state index contributed by atoms with van der Waals surface area (Å²) in [6.07, 6.45) is -0.973. The molecule has 2 aromatic carbocycles. The number of ether oxygens (including phenoxy) is 1. The third-order valence-corrected chi connectivity index (χ3v) is 5.30. The van der Waals surface area contributed by atoms with Crippen LogP contribution in [0.25, 0.3) is 21.0 Å². The van der Waals surface area contributed by atoms with E-state index in [1.807, 2.05) is 49.4 Å². The maximum absolute atomic E-state index is 12.4. The molecule has 146 valence electrons. The molecule has 4 rings (SSSR count). The Balaban J connectivity index is 1.42. The summed E-state index contributed by atoms with van der Waals surface area (Å²) >= 11 is 1.48. The predicted octanol–water partition coefficient (Wildman–Crippen LogP) is 5.05. The van der Waals surface area contributed by atoms with Crippen molar-refractivity contribution in [2.24, 2.45) is 0 Å². The first kappa shape index (κ1) is 18.9. The van der Waals surface area contributed by atoms with Gasteiger partial charge in [0, 0.05) is 5.69 Å². The molecule has 0 spiro atoms. The normalized spacial score (nSPS) is 11.9. The van der Waals surface area contributed by atoms with E-state index in [0.29, 0.717) is 16.5 Å². The molecule has 0 saturated carbocycles. The molecule has 0 saturated heterocycles. The molecular weight excluding hydrogens is 388 g/mol. The zero-order valence-corrected chi connectivity index (χ0v) is 16.7. The van der Waals surface area contributed by atoms with Crippen molar-refractivity contribution in [1.29, 1.82) is 0 Å². The van der Waals surface area contributed by atoms with Gasteiger partial charge >= 0.3 is 5.97 Å². The van der Waals surface area contributed by atoms with E-state index < -0.39 is 18.0 Å². The van der Waals surface area contributed by atoms with Gasteiger partial charge in [-0.25, -0.2) is 9.78 Å². The first-order valence-corrected chi connectivity index (χ1v) is 9.85. The number of nitrogens with one attached hydrogen (secondary N) is 1. The van der Waals surface area contributed by atoms with E-state index in [1.165, 1.54) is 24.3 Å². The second-order valence-corrected chi connectivity index (χ2v) is 7.59. The number of carbonyl (C=O) groups is 2. The minimum atomic E-state index is -0.973. The number of hydrogen-bond acceptors (Lipinski definition) is 6. The van der Waals surface area contributed by atoms with Gasteiger partial charge in [-0.15, -0.1) is 11.3 Å². The van der Waals surface area contributed by atoms with Crippen LogP contribution in [0.3, 0.4) is 0 Å². The summed E-state index contributed by atoms with van der Waals surface area (Å²) < 4.78 is 11.9. The largest absolute Gasteiger partial charge is 0.447 e. The van der Waals surface area contributed by atoms with Crippen LogP contribution < -0.4 is 5.32 Å². The molecule has 1 N–H and O–H groups in total. The fourth-order valence-electron chi connectivity index (χ4n) is 2.78. The number of carbonyl (C=O) groups excluding carboxylic acids is 2. The Hall–Kier alpha value is -3.45. The van der Waals surface area contributed by atoms with Crippen LogP contribution >= 0.6 is 11.3 Å². The number of furan rings is 1. The summed E-state index contributed by atoms with van der Waals surface area (Å²) in [6.45, 7) is 3.44. The number of amides is 1. The van der Waals surface area contributed by atoms with E-state index in [9.17, 15) is 9.59 Å². The van der Waals surface area contributed by atoms with Gasteiger partial charge in [-0.1, -0.05) is 24.3 Å². The molecule has 6 nitrogen and oxygen atoms in total. The van der Waals surface area contributed by atoms with Gasteiger partial charge in [-0.3, -0.25) is 4.79 Å². The van der Waals surface area contributed by atoms with Gasteiger partial charge in [0.1, 0.15) is 0 Å². The minimum Gasteiger partial charge on any atom is -0.447 e. The van der Waals surface area contributed by atoms with Gasteiger partial charge in [0.2, 0.25) is 5.76 Å². The molecule has 0 aliphatic rings. The highest BCUT2D eigenvalue weighted by molar-refractivity contribution is 7.21. The van der Waals surface area contributed by atoms with Crippen molar-refractivity contribution in [2.75, 3.05) is 5.32 Å². The number of benzene rings is 2. The molecule has 0 aliphatic heterocycles. The SMILES string of the molecule is Cc1cccc(NC(=O)[C@H](C)OC(=O)c2ccc(-c3nc4ccccc4s3)o2)c1. The quantitative estimate of drug-likeness (QED) is 0.469. The highest BCUT2D eigenvalue weighted by atomic mass is 32.1. The number of rotatable bonds is 5. The number of hydrogen-bond donors (Lipinski definition) is 1. The van der Waals surface area contributed by atoms with Gasteiger partial charge < -0.3 is 14.5 Å². The Morgan fingerprint density at radius 1 is 1.10 bits per heavy atom. The predicted molar refractivity (Wildman–Crippen MR) is 112 cm³/mol. The first-order chi connectivity index (χ1) is 14.0. The van der Waals surface area contributed by atoms with Crippen molar-refractivity contribution in [1.82, 2.24) is 4.98 Å². The monoisotopic (exact) mass is 406 g/mol. The average Bonchev–Trinajstić information content (AvgIpc) is 3.35. The zero-order valence-electron chi connectivity index (χ0n) is 15.8. The smallest absolute Gasteiger partial charge is 0.375 e. The lowest BCUT2D eigenvalue weighted by molar-refractivity contribution is -0.123. The number of thiazole rings is 1. The highest BCUT2D eigenvalue weighted by Gasteiger charge is 2.22. The van der Waals surface area contributed by atoms with Crippen LogP contribution in [0.2, 0.25) is 0 Å². The van der Waals surface area contributed by atoms with Crippen LogP contribution in [0.15, 0.2) is 65.1 Å². The summed E-state index contributed by atoms with van der Waals surface area (Å²) in [6, 6.07) is 18.3. The molecule has 7 heteroatoms. The van der Waals surface area contributed by atoms with Crippen molar-refractivity contribution >= 4 is 39.1 Å². The molecule has 1 atom stereocenters. The van der Waals surface area contributed by atoms with E-state index in [0.717, 1.165) is 15.8 Å². The molecule has 29 heavy (non-hydrogen) atoms. The molecule has 0 fully saturated rings. The van der Waals surface area contributed by atoms with Crippen molar-refractivity contribution in [2.45, 2.75) is 20.0 Å². The lowest BCUT2D eigenvalue weighted by Crippen LogP contribution is -2.29. The van der Waals surface area contributed by atoms with Crippen molar-refractivity contribution < 1.29 is 18.7 Å². The second kappa shape index (κ2) is 7.89. The third-order valence-electron chi connectivity index (χ3n) is 4.25. The molecular formula is C22H18N2O4S. The second-order valence-electron chi connectivity index (χ2n) is 6.56. The lowest BCUT2D eigenvalue weighted by atomic mass is 10.2. The van der Waals surface area contributed by atoms with Crippen molar-refractivity contribution in [3.8, 4) is 10.8 Å². The van der Waals surface area contributed by atoms with Crippen molar-refractivity contribution in [3.05, 3.63) is 72.0 Å². The number of anilines is 1. The van der Waals surface area contributed by atoms with E-state index in [1.54, 1.807) is 12.1 Å². The zero-order chi connectivity index (χ0) is 20.4. The highest BCUT2D eigenvalue weighted by Crippen LogP contribution is 2.31. The maximum Gasteiger partial charge on any atom is 0.375 e. The Kier molecular flexibility index (Phi) is 5.14. The summed E-state index contributed by atoms with van der Waals surface area (Å²) in [5.74, 6) is -0.615. The van der Waals surface area contributed by atoms with Crippen molar-refractivity contribution in [3.63, 3.8) is 0 Å². The van der Waals surface area contributed by atoms with Crippen LogP contribution in [0.4, 0.5) is 5.69 Å². The number of aryl methyl sites for hydroxylation is 1. The molecule has 1 amide bonds. The number of esters is 1. The molecule has 0 aliphatic carbocycles. The Morgan fingerprint density at radius 3 is 2.72 bits per heavy atom. The maximum atomic E-state index is 12.4. The molecule has 0 unspecified atom stereocenters. The standard InChI is InChI=1S/C22H18N2O4S/c1-13-6-5-7-15(12-13)23-20(25)14(2)27-22(26)18-11-10-17(28-18)21-24-16-8-3-4-9-19(16)29-21/h3-12,14H,1-2H3,(H,23,25)/t14-/m0/s1. The fraction of sp³-hybridized carbons (Fsp3) is 0.136. The number of para-hydroxylation sites is 1. The van der Waals surface area contributed by atoms with Gasteiger partial charge in [-0.05, 0) is 55.8 Å². The number of nitrogens with zero attached hydrogens (tertiary/aromatic N) is 1. The van der Waals surface area contributed by atoms with Crippen LogP contribution in [-0.2, 0) is 9.53 Å². The topological polar surface area (TPSA) is 81.4 Å². The van der Waals surface area contributed by atoms with Crippen LogP contribution in [0.1, 0.15) is 23.0 Å². The molecule has 2 heterocycles. The van der Waals surface area contributed by atoms with Gasteiger partial charge in [-0.2, -0.15) is 0 Å².